The van der Waals surface area contributed by atoms with Crippen molar-refractivity contribution < 1.29 is 9.90 Å². The van der Waals surface area contributed by atoms with Crippen molar-refractivity contribution in [1.82, 2.24) is 9.88 Å². The maximum atomic E-state index is 11.4. The minimum absolute atomic E-state index is 0.150. The van der Waals surface area contributed by atoms with Gasteiger partial charge in [0.2, 0.25) is 0 Å². The quantitative estimate of drug-likeness (QED) is 0.670. The van der Waals surface area contributed by atoms with E-state index in [-0.39, 0.29) is 17.3 Å². The Bertz CT molecular complexity index is 506. The summed E-state index contributed by atoms with van der Waals surface area (Å²) in [5.74, 6) is 0.0476. The third-order valence-corrected chi connectivity index (χ3v) is 3.45. The smallest absolute Gasteiger partial charge is 0.250 e. The highest BCUT2D eigenvalue weighted by Crippen LogP contribution is 2.26. The van der Waals surface area contributed by atoms with E-state index in [1.165, 1.54) is 6.20 Å². The zero-order valence-electron chi connectivity index (χ0n) is 11.8. The van der Waals surface area contributed by atoms with Gasteiger partial charge in [0.05, 0.1) is 23.6 Å². The molecule has 0 aliphatic carbocycles. The summed E-state index contributed by atoms with van der Waals surface area (Å²) in [5.41, 5.74) is 11.5. The first-order chi connectivity index (χ1) is 9.38. The van der Waals surface area contributed by atoms with Crippen LogP contribution in [0.3, 0.4) is 0 Å². The monoisotopic (exact) mass is 279 g/mol. The summed E-state index contributed by atoms with van der Waals surface area (Å²) < 4.78 is 0. The summed E-state index contributed by atoms with van der Waals surface area (Å²) in [6.07, 6.45) is 1.72. The average Bonchev–Trinajstić information content (AvgIpc) is 2.69. The van der Waals surface area contributed by atoms with Gasteiger partial charge >= 0.3 is 0 Å². The minimum atomic E-state index is -0.574. The number of nitrogens with zero attached hydrogens (tertiary/aromatic N) is 3. The Balaban J connectivity index is 2.29. The predicted molar refractivity (Wildman–Crippen MR) is 77.5 cm³/mol. The lowest BCUT2D eigenvalue weighted by molar-refractivity contribution is 0.100. The molecule has 1 aromatic rings. The molecule has 7 heteroatoms. The first-order valence-corrected chi connectivity index (χ1v) is 6.53. The number of pyridine rings is 1. The lowest BCUT2D eigenvalue weighted by Gasteiger charge is -2.28. The summed E-state index contributed by atoms with van der Waals surface area (Å²) in [5, 5.41) is 9.87. The minimum Gasteiger partial charge on any atom is -0.397 e. The van der Waals surface area contributed by atoms with Crippen LogP contribution in [0.2, 0.25) is 0 Å². The normalized spacial score (nSPS) is 22.5. The third kappa shape index (κ3) is 3.00. The van der Waals surface area contributed by atoms with E-state index in [9.17, 15) is 9.90 Å². The van der Waals surface area contributed by atoms with Gasteiger partial charge in [0.25, 0.3) is 5.91 Å². The second-order valence-electron chi connectivity index (χ2n) is 5.45. The second-order valence-corrected chi connectivity index (χ2v) is 5.45. The number of nitrogen functional groups attached to an aromatic ring is 1. The van der Waals surface area contributed by atoms with Crippen LogP contribution >= 0.6 is 0 Å². The van der Waals surface area contributed by atoms with E-state index in [2.05, 4.69) is 9.88 Å². The third-order valence-electron chi connectivity index (χ3n) is 3.45. The number of aromatic nitrogens is 1. The molecule has 110 valence electrons. The largest absolute Gasteiger partial charge is 0.397 e. The second kappa shape index (κ2) is 5.64. The molecule has 0 spiro atoms. The van der Waals surface area contributed by atoms with Crippen molar-refractivity contribution in [3.05, 3.63) is 17.8 Å². The van der Waals surface area contributed by atoms with Gasteiger partial charge < -0.3 is 26.4 Å². The van der Waals surface area contributed by atoms with Gasteiger partial charge in [-0.2, -0.15) is 0 Å². The van der Waals surface area contributed by atoms with Crippen molar-refractivity contribution >= 4 is 17.4 Å². The number of likely N-dealkylation sites (N-methyl/N-ethyl adjacent to an activating group) is 1. The first-order valence-electron chi connectivity index (χ1n) is 6.53. The maximum absolute atomic E-state index is 11.4. The number of carbonyl (C=O) groups is 1. The maximum Gasteiger partial charge on any atom is 0.250 e. The van der Waals surface area contributed by atoms with Gasteiger partial charge in [-0.15, -0.1) is 0 Å². The molecule has 1 amide bonds. The molecule has 0 radical (unpaired) electrons. The van der Waals surface area contributed by atoms with Crippen LogP contribution in [0.4, 0.5) is 11.5 Å². The summed E-state index contributed by atoms with van der Waals surface area (Å²) in [6, 6.07) is 1.75. The first kappa shape index (κ1) is 14.5. The fourth-order valence-corrected chi connectivity index (χ4v) is 2.59. The highest BCUT2D eigenvalue weighted by molar-refractivity contribution is 5.98. The molecule has 2 unspecified atom stereocenters. The number of rotatable bonds is 4. The van der Waals surface area contributed by atoms with E-state index in [0.717, 1.165) is 6.54 Å². The van der Waals surface area contributed by atoms with Gasteiger partial charge in [0, 0.05) is 19.1 Å². The van der Waals surface area contributed by atoms with Gasteiger partial charge in [0.15, 0.2) is 0 Å². The number of primary amides is 1. The van der Waals surface area contributed by atoms with Crippen LogP contribution < -0.4 is 16.4 Å². The number of hydrogen-bond acceptors (Lipinski definition) is 6. The molecule has 2 rings (SSSR count). The van der Waals surface area contributed by atoms with Crippen LogP contribution in [0.15, 0.2) is 12.3 Å². The van der Waals surface area contributed by atoms with Crippen LogP contribution in [-0.4, -0.2) is 60.2 Å². The van der Waals surface area contributed by atoms with Crippen molar-refractivity contribution in [3.63, 3.8) is 0 Å². The van der Waals surface area contributed by atoms with Crippen LogP contribution in [-0.2, 0) is 0 Å². The lowest BCUT2D eigenvalue weighted by Crippen LogP contribution is -2.38. The summed E-state index contributed by atoms with van der Waals surface area (Å²) >= 11 is 0. The summed E-state index contributed by atoms with van der Waals surface area (Å²) in [4.78, 5) is 19.7. The Morgan fingerprint density at radius 2 is 2.30 bits per heavy atom. The SMILES string of the molecule is CN(C)CC1CC(O)CN1c1cc(C(N)=O)c(N)cn1. The number of anilines is 2. The molecule has 1 fully saturated rings. The van der Waals surface area contributed by atoms with Gasteiger partial charge in [-0.1, -0.05) is 0 Å². The predicted octanol–water partition coefficient (Wildman–Crippen LogP) is -0.736. The zero-order valence-corrected chi connectivity index (χ0v) is 11.8. The fourth-order valence-electron chi connectivity index (χ4n) is 2.59. The number of amides is 1. The molecule has 5 N–H and O–H groups in total. The standard InChI is InChI=1S/C13H21N5O2/c1-17(2)6-8-3-9(19)7-18(8)12-4-10(13(15)20)11(14)5-16-12/h4-5,8-9,19H,3,6-7,14H2,1-2H3,(H2,15,20). The topological polar surface area (TPSA) is 109 Å². The van der Waals surface area contributed by atoms with Crippen molar-refractivity contribution in [2.45, 2.75) is 18.6 Å². The van der Waals surface area contributed by atoms with Crippen LogP contribution in [0.25, 0.3) is 0 Å². The molecule has 7 nitrogen and oxygen atoms in total. The molecule has 1 saturated heterocycles. The van der Waals surface area contributed by atoms with E-state index in [0.29, 0.717) is 18.8 Å². The van der Waals surface area contributed by atoms with Gasteiger partial charge in [0.1, 0.15) is 5.82 Å². The zero-order chi connectivity index (χ0) is 14.9. The van der Waals surface area contributed by atoms with Crippen molar-refractivity contribution in [2.24, 2.45) is 5.73 Å². The van der Waals surface area contributed by atoms with Crippen LogP contribution in [0, 0.1) is 0 Å². The molecule has 1 aliphatic heterocycles. The molecule has 20 heavy (non-hydrogen) atoms. The van der Waals surface area contributed by atoms with Gasteiger partial charge in [-0.25, -0.2) is 4.98 Å². The van der Waals surface area contributed by atoms with E-state index < -0.39 is 12.0 Å². The Kier molecular flexibility index (Phi) is 4.10. The molecule has 1 aromatic heterocycles. The van der Waals surface area contributed by atoms with E-state index in [1.54, 1.807) is 6.07 Å². The number of aliphatic hydroxyl groups excluding tert-OH is 1. The van der Waals surface area contributed by atoms with E-state index in [1.807, 2.05) is 19.0 Å². The van der Waals surface area contributed by atoms with Crippen molar-refractivity contribution in [2.75, 3.05) is 37.8 Å². The van der Waals surface area contributed by atoms with E-state index >= 15 is 0 Å². The Hall–Kier alpha value is -1.86. The Morgan fingerprint density at radius 3 is 2.90 bits per heavy atom. The highest BCUT2D eigenvalue weighted by Gasteiger charge is 2.32. The van der Waals surface area contributed by atoms with Crippen LogP contribution in [0.1, 0.15) is 16.8 Å². The molecule has 0 bridgehead atoms. The number of hydrogen-bond donors (Lipinski definition) is 3. The number of carbonyl (C=O) groups excluding carboxylic acids is 1. The molecule has 1 aliphatic rings. The van der Waals surface area contributed by atoms with Gasteiger partial charge in [-0.3, -0.25) is 4.79 Å². The number of aliphatic hydroxyl groups is 1. The highest BCUT2D eigenvalue weighted by atomic mass is 16.3. The van der Waals surface area contributed by atoms with Crippen molar-refractivity contribution in [3.8, 4) is 0 Å². The number of β-amino-alcohol motifs (C(OH)–C–C–N with tert-alkyl or cyclic N) is 1. The Morgan fingerprint density at radius 1 is 1.60 bits per heavy atom. The fraction of sp³-hybridized carbons (Fsp3) is 0.538. The summed E-state index contributed by atoms with van der Waals surface area (Å²) in [6.45, 7) is 1.29. The molecular formula is C13H21N5O2. The average molecular weight is 279 g/mol. The van der Waals surface area contributed by atoms with Gasteiger partial charge in [-0.05, 0) is 26.6 Å². The van der Waals surface area contributed by atoms with E-state index in [4.69, 9.17) is 11.5 Å². The van der Waals surface area contributed by atoms with Crippen LogP contribution in [0.5, 0.6) is 0 Å². The molecule has 0 aromatic carbocycles. The summed E-state index contributed by atoms with van der Waals surface area (Å²) in [7, 11) is 3.96. The number of nitrogens with two attached hydrogens (primary N) is 2. The molecule has 2 heterocycles. The molecular weight excluding hydrogens is 258 g/mol. The van der Waals surface area contributed by atoms with Crippen molar-refractivity contribution in [1.29, 1.82) is 0 Å². The molecule has 2 atom stereocenters. The lowest BCUT2D eigenvalue weighted by atomic mass is 10.1. The Labute approximate surface area is 118 Å². The molecule has 0 saturated carbocycles.